The van der Waals surface area contributed by atoms with Crippen LogP contribution in [-0.2, 0) is 0 Å². The van der Waals surface area contributed by atoms with Crippen molar-refractivity contribution in [1.29, 1.82) is 0 Å². The molecule has 0 bridgehead atoms. The predicted molar refractivity (Wildman–Crippen MR) is 83.5 cm³/mol. The maximum absolute atomic E-state index is 12.3. The summed E-state index contributed by atoms with van der Waals surface area (Å²) in [5, 5.41) is 6.21. The number of nitrogens with zero attached hydrogens (tertiary/aromatic N) is 1. The van der Waals surface area contributed by atoms with E-state index in [1.165, 1.54) is 5.56 Å². The first-order chi connectivity index (χ1) is 10.3. The number of pyridine rings is 1. The summed E-state index contributed by atoms with van der Waals surface area (Å²) in [5.74, 6) is 1.16. The highest BCUT2D eigenvalue weighted by Crippen LogP contribution is 2.40. The average molecular weight is 281 g/mol. The lowest BCUT2D eigenvalue weighted by Gasteiger charge is -2.07. The zero-order valence-corrected chi connectivity index (χ0v) is 12.0. The van der Waals surface area contributed by atoms with Crippen molar-refractivity contribution in [3.8, 4) is 0 Å². The van der Waals surface area contributed by atoms with Crippen LogP contribution in [0.3, 0.4) is 0 Å². The molecule has 2 N–H and O–H groups in total. The SMILES string of the molecule is CCNc1cc(C(=O)NC2CC2c2ccccc2)ccn1. The summed E-state index contributed by atoms with van der Waals surface area (Å²) in [6.45, 7) is 2.79. The van der Waals surface area contributed by atoms with Gasteiger partial charge >= 0.3 is 0 Å². The highest BCUT2D eigenvalue weighted by Gasteiger charge is 2.39. The number of aromatic nitrogens is 1. The van der Waals surface area contributed by atoms with E-state index in [0.29, 0.717) is 11.5 Å². The molecule has 0 saturated heterocycles. The quantitative estimate of drug-likeness (QED) is 0.886. The van der Waals surface area contributed by atoms with E-state index in [9.17, 15) is 4.79 Å². The van der Waals surface area contributed by atoms with E-state index in [2.05, 4.69) is 27.8 Å². The monoisotopic (exact) mass is 281 g/mol. The first-order valence-electron chi connectivity index (χ1n) is 7.33. The molecule has 4 nitrogen and oxygen atoms in total. The fourth-order valence-electron chi connectivity index (χ4n) is 2.52. The first-order valence-corrected chi connectivity index (χ1v) is 7.33. The summed E-state index contributed by atoms with van der Waals surface area (Å²) in [6.07, 6.45) is 2.68. The molecule has 1 saturated carbocycles. The molecular formula is C17H19N3O. The van der Waals surface area contributed by atoms with Crippen LogP contribution in [0.25, 0.3) is 0 Å². The minimum atomic E-state index is -0.0278. The van der Waals surface area contributed by atoms with E-state index in [1.807, 2.05) is 25.1 Å². The van der Waals surface area contributed by atoms with Gasteiger partial charge < -0.3 is 10.6 Å². The Morgan fingerprint density at radius 3 is 2.86 bits per heavy atom. The highest BCUT2D eigenvalue weighted by atomic mass is 16.1. The number of benzene rings is 1. The topological polar surface area (TPSA) is 54.0 Å². The Bertz CT molecular complexity index is 627. The minimum Gasteiger partial charge on any atom is -0.370 e. The predicted octanol–water partition coefficient (Wildman–Crippen LogP) is 2.80. The molecule has 21 heavy (non-hydrogen) atoms. The summed E-state index contributed by atoms with van der Waals surface area (Å²) < 4.78 is 0. The van der Waals surface area contributed by atoms with E-state index >= 15 is 0 Å². The zero-order valence-electron chi connectivity index (χ0n) is 12.0. The van der Waals surface area contributed by atoms with E-state index in [0.717, 1.165) is 18.8 Å². The number of rotatable bonds is 5. The van der Waals surface area contributed by atoms with Gasteiger partial charge in [0.15, 0.2) is 0 Å². The van der Waals surface area contributed by atoms with Crippen molar-refractivity contribution in [2.45, 2.75) is 25.3 Å². The van der Waals surface area contributed by atoms with Crippen molar-refractivity contribution < 1.29 is 4.79 Å². The van der Waals surface area contributed by atoms with Crippen LogP contribution >= 0.6 is 0 Å². The molecule has 4 heteroatoms. The second-order valence-electron chi connectivity index (χ2n) is 5.29. The Morgan fingerprint density at radius 2 is 2.10 bits per heavy atom. The van der Waals surface area contributed by atoms with Gasteiger partial charge in [-0.3, -0.25) is 4.79 Å². The van der Waals surface area contributed by atoms with Crippen molar-refractivity contribution in [2.24, 2.45) is 0 Å². The van der Waals surface area contributed by atoms with Crippen LogP contribution in [0.4, 0.5) is 5.82 Å². The number of carbonyl (C=O) groups is 1. The van der Waals surface area contributed by atoms with Crippen molar-refractivity contribution in [3.05, 3.63) is 59.8 Å². The van der Waals surface area contributed by atoms with Gasteiger partial charge in [-0.25, -0.2) is 4.98 Å². The van der Waals surface area contributed by atoms with Gasteiger partial charge in [0.05, 0.1) is 0 Å². The molecule has 108 valence electrons. The van der Waals surface area contributed by atoms with Gasteiger partial charge in [0.2, 0.25) is 0 Å². The number of amides is 1. The molecule has 2 atom stereocenters. The number of carbonyl (C=O) groups excluding carboxylic acids is 1. The summed E-state index contributed by atoms with van der Waals surface area (Å²) >= 11 is 0. The van der Waals surface area contributed by atoms with E-state index in [-0.39, 0.29) is 11.9 Å². The lowest BCUT2D eigenvalue weighted by Crippen LogP contribution is -2.26. The third-order valence-electron chi connectivity index (χ3n) is 3.71. The highest BCUT2D eigenvalue weighted by molar-refractivity contribution is 5.95. The summed E-state index contributed by atoms with van der Waals surface area (Å²) in [4.78, 5) is 16.4. The van der Waals surface area contributed by atoms with Crippen LogP contribution in [0, 0.1) is 0 Å². The van der Waals surface area contributed by atoms with Crippen molar-refractivity contribution in [2.75, 3.05) is 11.9 Å². The van der Waals surface area contributed by atoms with E-state index in [4.69, 9.17) is 0 Å². The van der Waals surface area contributed by atoms with Crippen LogP contribution < -0.4 is 10.6 Å². The second-order valence-corrected chi connectivity index (χ2v) is 5.29. The summed E-state index contributed by atoms with van der Waals surface area (Å²) in [6, 6.07) is 14.1. The van der Waals surface area contributed by atoms with Crippen LogP contribution in [-0.4, -0.2) is 23.5 Å². The lowest BCUT2D eigenvalue weighted by atomic mass is 10.1. The standard InChI is InChI=1S/C17H19N3O/c1-2-18-16-10-13(8-9-19-16)17(21)20-15-11-14(15)12-6-4-3-5-7-12/h3-10,14-15H,2,11H2,1H3,(H,18,19)(H,20,21). The van der Waals surface area contributed by atoms with Crippen molar-refractivity contribution in [1.82, 2.24) is 10.3 Å². The maximum Gasteiger partial charge on any atom is 0.251 e. The molecule has 2 unspecified atom stereocenters. The Balaban J connectivity index is 1.62. The molecule has 0 aliphatic heterocycles. The molecule has 2 aromatic rings. The molecule has 0 radical (unpaired) electrons. The molecule has 1 aliphatic rings. The second kappa shape index (κ2) is 5.95. The van der Waals surface area contributed by atoms with Gasteiger partial charge in [0, 0.05) is 30.3 Å². The number of anilines is 1. The molecule has 1 heterocycles. The normalized spacial score (nSPS) is 19.9. The third-order valence-corrected chi connectivity index (χ3v) is 3.71. The number of nitrogens with one attached hydrogen (secondary N) is 2. The fraction of sp³-hybridized carbons (Fsp3) is 0.294. The van der Waals surface area contributed by atoms with Gasteiger partial charge in [0.25, 0.3) is 5.91 Å². The Kier molecular flexibility index (Phi) is 3.86. The summed E-state index contributed by atoms with van der Waals surface area (Å²) in [5.41, 5.74) is 1.95. The molecule has 1 aromatic carbocycles. The van der Waals surface area contributed by atoms with Crippen LogP contribution in [0.1, 0.15) is 35.2 Å². The average Bonchev–Trinajstić information content (AvgIpc) is 3.28. The Hall–Kier alpha value is -2.36. The lowest BCUT2D eigenvalue weighted by molar-refractivity contribution is 0.0950. The van der Waals surface area contributed by atoms with Gasteiger partial charge in [-0.1, -0.05) is 30.3 Å². The molecule has 1 aliphatic carbocycles. The van der Waals surface area contributed by atoms with Crippen molar-refractivity contribution in [3.63, 3.8) is 0 Å². The van der Waals surface area contributed by atoms with Crippen LogP contribution in [0.5, 0.6) is 0 Å². The summed E-state index contributed by atoms with van der Waals surface area (Å²) in [7, 11) is 0. The molecule has 1 aromatic heterocycles. The fourth-order valence-corrected chi connectivity index (χ4v) is 2.52. The largest absolute Gasteiger partial charge is 0.370 e. The van der Waals surface area contributed by atoms with Crippen molar-refractivity contribution >= 4 is 11.7 Å². The van der Waals surface area contributed by atoms with Crippen LogP contribution in [0.2, 0.25) is 0 Å². The van der Waals surface area contributed by atoms with E-state index in [1.54, 1.807) is 18.3 Å². The van der Waals surface area contributed by atoms with Gasteiger partial charge in [-0.15, -0.1) is 0 Å². The maximum atomic E-state index is 12.3. The molecular weight excluding hydrogens is 262 g/mol. The Morgan fingerprint density at radius 1 is 1.29 bits per heavy atom. The van der Waals surface area contributed by atoms with Gasteiger partial charge in [-0.2, -0.15) is 0 Å². The molecule has 3 rings (SSSR count). The van der Waals surface area contributed by atoms with Gasteiger partial charge in [0.1, 0.15) is 5.82 Å². The third kappa shape index (κ3) is 3.21. The van der Waals surface area contributed by atoms with E-state index < -0.39 is 0 Å². The first kappa shape index (κ1) is 13.6. The molecule has 1 fully saturated rings. The Labute approximate surface area is 124 Å². The number of hydrogen-bond acceptors (Lipinski definition) is 3. The number of hydrogen-bond donors (Lipinski definition) is 2. The zero-order chi connectivity index (χ0) is 14.7. The molecule has 0 spiro atoms. The smallest absolute Gasteiger partial charge is 0.251 e. The van der Waals surface area contributed by atoms with Gasteiger partial charge in [-0.05, 0) is 31.0 Å². The van der Waals surface area contributed by atoms with Crippen LogP contribution in [0.15, 0.2) is 48.7 Å². The minimum absolute atomic E-state index is 0.0278. The molecule has 1 amide bonds.